The zero-order valence-corrected chi connectivity index (χ0v) is 9.69. The molecule has 1 amide bonds. The molecule has 0 aromatic rings. The second kappa shape index (κ2) is 3.22. The molecule has 4 fully saturated rings. The minimum Gasteiger partial charge on any atom is -0.342 e. The van der Waals surface area contributed by atoms with E-state index in [1.54, 1.807) is 0 Å². The van der Waals surface area contributed by atoms with E-state index < -0.39 is 0 Å². The summed E-state index contributed by atoms with van der Waals surface area (Å²) in [6.07, 6.45) is 4.01. The van der Waals surface area contributed by atoms with Gasteiger partial charge >= 0.3 is 0 Å². The lowest BCUT2D eigenvalue weighted by Crippen LogP contribution is -2.33. The summed E-state index contributed by atoms with van der Waals surface area (Å²) in [6, 6.07) is 0. The van der Waals surface area contributed by atoms with Crippen molar-refractivity contribution in [2.24, 2.45) is 29.6 Å². The van der Waals surface area contributed by atoms with E-state index in [1.165, 1.54) is 19.3 Å². The van der Waals surface area contributed by atoms with Crippen LogP contribution in [-0.4, -0.2) is 37.0 Å². The number of carbonyl (C=O) groups is 1. The van der Waals surface area contributed by atoms with Crippen LogP contribution in [0.25, 0.3) is 0 Å². The summed E-state index contributed by atoms with van der Waals surface area (Å²) < 4.78 is 0. The Morgan fingerprint density at radius 2 is 1.69 bits per heavy atom. The average molecular weight is 220 g/mol. The predicted molar refractivity (Wildman–Crippen MR) is 60.8 cm³/mol. The fourth-order valence-electron chi connectivity index (χ4n) is 4.43. The van der Waals surface area contributed by atoms with Crippen LogP contribution in [0.15, 0.2) is 0 Å². The molecule has 2 saturated heterocycles. The average Bonchev–Trinajstić information content (AvgIpc) is 2.71. The first kappa shape index (κ1) is 9.46. The zero-order valence-electron chi connectivity index (χ0n) is 9.69. The van der Waals surface area contributed by atoms with Crippen molar-refractivity contribution in [1.29, 1.82) is 0 Å². The summed E-state index contributed by atoms with van der Waals surface area (Å²) in [5.41, 5.74) is 0. The molecule has 3 nitrogen and oxygen atoms in total. The van der Waals surface area contributed by atoms with Crippen molar-refractivity contribution in [2.45, 2.75) is 19.3 Å². The third-order valence-electron chi connectivity index (χ3n) is 5.39. The smallest absolute Gasteiger partial charge is 0.226 e. The van der Waals surface area contributed by atoms with Crippen molar-refractivity contribution >= 4 is 5.91 Å². The molecule has 16 heavy (non-hydrogen) atoms. The Morgan fingerprint density at radius 1 is 1.06 bits per heavy atom. The van der Waals surface area contributed by atoms with E-state index in [1.807, 2.05) is 0 Å². The maximum Gasteiger partial charge on any atom is 0.226 e. The van der Waals surface area contributed by atoms with Gasteiger partial charge in [-0.3, -0.25) is 4.79 Å². The summed E-state index contributed by atoms with van der Waals surface area (Å²) in [6.45, 7) is 4.33. The Morgan fingerprint density at radius 3 is 2.31 bits per heavy atom. The second-order valence-corrected chi connectivity index (χ2v) is 6.21. The lowest BCUT2D eigenvalue weighted by molar-refractivity contribution is -0.132. The summed E-state index contributed by atoms with van der Waals surface area (Å²) in [7, 11) is 0. The molecule has 2 heterocycles. The highest BCUT2D eigenvalue weighted by Crippen LogP contribution is 2.58. The van der Waals surface area contributed by atoms with Gasteiger partial charge in [-0.15, -0.1) is 0 Å². The van der Waals surface area contributed by atoms with Crippen LogP contribution >= 0.6 is 0 Å². The molecular weight excluding hydrogens is 200 g/mol. The molecule has 3 heteroatoms. The normalized spacial score (nSPS) is 49.2. The van der Waals surface area contributed by atoms with Gasteiger partial charge in [-0.05, 0) is 36.5 Å². The highest BCUT2D eigenvalue weighted by atomic mass is 16.2. The van der Waals surface area contributed by atoms with Gasteiger partial charge in [-0.25, -0.2) is 0 Å². The molecule has 2 aliphatic carbocycles. The van der Waals surface area contributed by atoms with Crippen molar-refractivity contribution < 1.29 is 4.79 Å². The maximum atomic E-state index is 12.4. The Kier molecular flexibility index (Phi) is 1.90. The Balaban J connectivity index is 1.42. The number of fused-ring (bicyclic) bond motifs is 2. The van der Waals surface area contributed by atoms with Crippen molar-refractivity contribution in [3.63, 3.8) is 0 Å². The number of hydrogen-bond acceptors (Lipinski definition) is 2. The van der Waals surface area contributed by atoms with Gasteiger partial charge < -0.3 is 10.2 Å². The third-order valence-corrected chi connectivity index (χ3v) is 5.39. The van der Waals surface area contributed by atoms with Crippen LogP contribution in [0, 0.1) is 29.6 Å². The largest absolute Gasteiger partial charge is 0.342 e. The fraction of sp³-hybridized carbons (Fsp3) is 0.923. The molecular formula is C13H20N2O. The number of likely N-dealkylation sites (tertiary alicyclic amines) is 1. The van der Waals surface area contributed by atoms with Crippen molar-refractivity contribution in [3.8, 4) is 0 Å². The van der Waals surface area contributed by atoms with Gasteiger partial charge in [0.05, 0.1) is 0 Å². The van der Waals surface area contributed by atoms with Crippen molar-refractivity contribution in [3.05, 3.63) is 0 Å². The van der Waals surface area contributed by atoms with Crippen LogP contribution < -0.4 is 5.32 Å². The number of carbonyl (C=O) groups excluding carboxylic acids is 1. The second-order valence-electron chi connectivity index (χ2n) is 6.21. The SMILES string of the molecule is O=C(C1C2CCCC21)N1C[C@H]2CNC[C@H]2C1. The highest BCUT2D eigenvalue weighted by molar-refractivity contribution is 5.83. The van der Waals surface area contributed by atoms with Crippen LogP contribution in [0.3, 0.4) is 0 Å². The lowest BCUT2D eigenvalue weighted by atomic mass is 10.0. The molecule has 0 aromatic heterocycles. The van der Waals surface area contributed by atoms with E-state index in [4.69, 9.17) is 0 Å². The zero-order chi connectivity index (χ0) is 10.7. The van der Waals surface area contributed by atoms with E-state index in [-0.39, 0.29) is 0 Å². The number of nitrogens with one attached hydrogen (secondary N) is 1. The van der Waals surface area contributed by atoms with E-state index in [9.17, 15) is 4.79 Å². The van der Waals surface area contributed by atoms with Gasteiger partial charge in [0.1, 0.15) is 0 Å². The fourth-order valence-corrected chi connectivity index (χ4v) is 4.43. The standard InChI is InChI=1S/C13H20N2O/c16-13(12-10-2-1-3-11(10)12)15-6-8-4-14-5-9(8)7-15/h8-12,14H,1-7H2/t8-,9+,10?,11?,12?. The van der Waals surface area contributed by atoms with E-state index in [0.717, 1.165) is 49.9 Å². The first-order valence-electron chi connectivity index (χ1n) is 6.84. The van der Waals surface area contributed by atoms with Crippen LogP contribution in [0.5, 0.6) is 0 Å². The lowest BCUT2D eigenvalue weighted by Gasteiger charge is -2.18. The van der Waals surface area contributed by atoms with Gasteiger partial charge in [-0.1, -0.05) is 6.42 Å². The minimum atomic E-state index is 0.445. The van der Waals surface area contributed by atoms with Crippen LogP contribution in [-0.2, 0) is 4.79 Å². The van der Waals surface area contributed by atoms with Crippen LogP contribution in [0.1, 0.15) is 19.3 Å². The first-order chi connectivity index (χ1) is 7.84. The Labute approximate surface area is 96.6 Å². The van der Waals surface area contributed by atoms with Crippen LogP contribution in [0.4, 0.5) is 0 Å². The molecule has 1 N–H and O–H groups in total. The first-order valence-corrected chi connectivity index (χ1v) is 6.84. The number of amides is 1. The molecule has 2 saturated carbocycles. The third kappa shape index (κ3) is 1.21. The monoisotopic (exact) mass is 220 g/mol. The molecule has 2 aliphatic heterocycles. The molecule has 88 valence electrons. The number of rotatable bonds is 1. The van der Waals surface area contributed by atoms with Gasteiger partial charge in [0, 0.05) is 32.1 Å². The minimum absolute atomic E-state index is 0.445. The van der Waals surface area contributed by atoms with Crippen LogP contribution in [0.2, 0.25) is 0 Å². The number of nitrogens with zero attached hydrogens (tertiary/aromatic N) is 1. The molecule has 0 aromatic carbocycles. The Hall–Kier alpha value is -0.570. The molecule has 4 rings (SSSR count). The molecule has 0 spiro atoms. The van der Waals surface area contributed by atoms with E-state index in [0.29, 0.717) is 11.8 Å². The van der Waals surface area contributed by atoms with Crippen molar-refractivity contribution in [2.75, 3.05) is 26.2 Å². The van der Waals surface area contributed by atoms with Gasteiger partial charge in [-0.2, -0.15) is 0 Å². The predicted octanol–water partition coefficient (Wildman–Crippen LogP) is 0.710. The highest BCUT2D eigenvalue weighted by Gasteiger charge is 2.58. The van der Waals surface area contributed by atoms with Crippen molar-refractivity contribution in [1.82, 2.24) is 10.2 Å². The summed E-state index contributed by atoms with van der Waals surface area (Å²) in [5, 5.41) is 3.43. The van der Waals surface area contributed by atoms with Gasteiger partial charge in [0.2, 0.25) is 5.91 Å². The summed E-state index contributed by atoms with van der Waals surface area (Å²) in [5.74, 6) is 4.02. The summed E-state index contributed by atoms with van der Waals surface area (Å²) in [4.78, 5) is 14.5. The van der Waals surface area contributed by atoms with Gasteiger partial charge in [0.25, 0.3) is 0 Å². The molecule has 2 unspecified atom stereocenters. The van der Waals surface area contributed by atoms with E-state index >= 15 is 0 Å². The molecule has 4 atom stereocenters. The quantitative estimate of drug-likeness (QED) is 0.706. The topological polar surface area (TPSA) is 32.3 Å². The maximum absolute atomic E-state index is 12.4. The molecule has 4 aliphatic rings. The van der Waals surface area contributed by atoms with Gasteiger partial charge in [0.15, 0.2) is 0 Å². The summed E-state index contributed by atoms with van der Waals surface area (Å²) >= 11 is 0. The molecule has 0 bridgehead atoms. The molecule has 0 radical (unpaired) electrons. The Bertz CT molecular complexity index is 308. The number of hydrogen-bond donors (Lipinski definition) is 1. The van der Waals surface area contributed by atoms with E-state index in [2.05, 4.69) is 10.2 Å².